The Morgan fingerprint density at radius 1 is 1.16 bits per heavy atom. The molecule has 2 aliphatic heterocycles. The fourth-order valence-electron chi connectivity index (χ4n) is 3.70. The van der Waals surface area contributed by atoms with Gasteiger partial charge in [-0.1, -0.05) is 12.1 Å². The number of likely N-dealkylation sites (tertiary alicyclic amines) is 1. The number of carbonyl (C=O) groups is 1. The van der Waals surface area contributed by atoms with Crippen molar-refractivity contribution in [3.8, 4) is 0 Å². The Labute approximate surface area is 147 Å². The summed E-state index contributed by atoms with van der Waals surface area (Å²) < 4.78 is 15.4. The van der Waals surface area contributed by atoms with Crippen LogP contribution in [0.3, 0.4) is 0 Å². The number of carbonyl (C=O) groups excluding carboxylic acids is 1. The summed E-state index contributed by atoms with van der Waals surface area (Å²) in [7, 11) is 0. The highest BCUT2D eigenvalue weighted by Crippen LogP contribution is 2.17. The molecule has 5 nitrogen and oxygen atoms in total. The smallest absolute Gasteiger partial charge is 0.227 e. The minimum atomic E-state index is -0.300. The highest BCUT2D eigenvalue weighted by Gasteiger charge is 2.23. The first-order valence-corrected chi connectivity index (χ1v) is 8.97. The largest absolute Gasteiger partial charge is 0.333 e. The normalized spacial score (nSPS) is 17.7. The van der Waals surface area contributed by atoms with Crippen molar-refractivity contribution in [1.29, 1.82) is 0 Å². The lowest BCUT2D eigenvalue weighted by molar-refractivity contribution is -0.132. The van der Waals surface area contributed by atoms with Gasteiger partial charge < -0.3 is 9.47 Å². The summed E-state index contributed by atoms with van der Waals surface area (Å²) in [6.07, 6.45) is 4.91. The Hall–Kier alpha value is -2.21. The third kappa shape index (κ3) is 3.74. The van der Waals surface area contributed by atoms with E-state index < -0.39 is 0 Å². The van der Waals surface area contributed by atoms with Crippen LogP contribution >= 0.6 is 0 Å². The van der Waals surface area contributed by atoms with Crippen LogP contribution in [0.4, 0.5) is 4.39 Å². The molecule has 6 heteroatoms. The highest BCUT2D eigenvalue weighted by atomic mass is 19.1. The number of rotatable bonds is 4. The summed E-state index contributed by atoms with van der Waals surface area (Å²) >= 11 is 0. The topological polar surface area (TPSA) is 41.4 Å². The zero-order valence-corrected chi connectivity index (χ0v) is 14.3. The molecule has 1 amide bonds. The molecule has 2 aromatic rings. The maximum Gasteiger partial charge on any atom is 0.227 e. The van der Waals surface area contributed by atoms with Gasteiger partial charge in [0, 0.05) is 25.8 Å². The van der Waals surface area contributed by atoms with Crippen LogP contribution in [0.1, 0.15) is 29.9 Å². The van der Waals surface area contributed by atoms with Crippen LogP contribution in [0.2, 0.25) is 0 Å². The number of nitrogens with zero attached hydrogens (tertiary/aromatic N) is 4. The van der Waals surface area contributed by atoms with Gasteiger partial charge in [-0.25, -0.2) is 9.37 Å². The molecule has 2 aliphatic rings. The number of halogens is 1. The quantitative estimate of drug-likeness (QED) is 0.855. The molecule has 0 atom stereocenters. The van der Waals surface area contributed by atoms with Crippen LogP contribution < -0.4 is 0 Å². The summed E-state index contributed by atoms with van der Waals surface area (Å²) in [5.74, 6) is 0.681. The lowest BCUT2D eigenvalue weighted by Gasteiger charge is -2.27. The van der Waals surface area contributed by atoms with Crippen LogP contribution in [0, 0.1) is 5.82 Å². The SMILES string of the molecule is O=C(Cc1cccc(F)c1)N1CCn2cc(CN3CCCC3)nc2C1. The lowest BCUT2D eigenvalue weighted by Crippen LogP contribution is -2.39. The minimum absolute atomic E-state index is 0.0287. The minimum Gasteiger partial charge on any atom is -0.333 e. The van der Waals surface area contributed by atoms with Crippen LogP contribution in [0.5, 0.6) is 0 Å². The van der Waals surface area contributed by atoms with Crippen molar-refractivity contribution in [1.82, 2.24) is 19.4 Å². The fraction of sp³-hybridized carbons (Fsp3) is 0.474. The van der Waals surface area contributed by atoms with E-state index in [9.17, 15) is 9.18 Å². The third-order valence-corrected chi connectivity index (χ3v) is 5.03. The molecule has 1 fully saturated rings. The molecule has 0 saturated carbocycles. The van der Waals surface area contributed by atoms with Gasteiger partial charge in [-0.2, -0.15) is 0 Å². The van der Waals surface area contributed by atoms with Crippen molar-refractivity contribution in [2.24, 2.45) is 0 Å². The van der Waals surface area contributed by atoms with E-state index in [1.807, 2.05) is 4.90 Å². The van der Waals surface area contributed by atoms with Crippen molar-refractivity contribution >= 4 is 5.91 Å². The van der Waals surface area contributed by atoms with Crippen molar-refractivity contribution < 1.29 is 9.18 Å². The van der Waals surface area contributed by atoms with E-state index in [0.29, 0.717) is 18.7 Å². The van der Waals surface area contributed by atoms with Gasteiger partial charge in [-0.15, -0.1) is 0 Å². The van der Waals surface area contributed by atoms with Crippen LogP contribution in [-0.4, -0.2) is 44.9 Å². The third-order valence-electron chi connectivity index (χ3n) is 5.03. The zero-order valence-electron chi connectivity index (χ0n) is 14.3. The molecule has 1 aromatic carbocycles. The number of amides is 1. The lowest BCUT2D eigenvalue weighted by atomic mass is 10.1. The Bertz CT molecular complexity index is 767. The second-order valence-corrected chi connectivity index (χ2v) is 6.95. The number of hydrogen-bond acceptors (Lipinski definition) is 3. The predicted molar refractivity (Wildman–Crippen MR) is 92.3 cm³/mol. The van der Waals surface area contributed by atoms with Crippen molar-refractivity contribution in [2.75, 3.05) is 19.6 Å². The highest BCUT2D eigenvalue weighted by molar-refractivity contribution is 5.78. The molecule has 1 saturated heterocycles. The van der Waals surface area contributed by atoms with E-state index >= 15 is 0 Å². The summed E-state index contributed by atoms with van der Waals surface area (Å²) in [4.78, 5) is 21.5. The van der Waals surface area contributed by atoms with Gasteiger partial charge in [0.1, 0.15) is 11.6 Å². The molecule has 4 rings (SSSR count). The van der Waals surface area contributed by atoms with Crippen LogP contribution in [0.25, 0.3) is 0 Å². The number of hydrogen-bond donors (Lipinski definition) is 0. The molecule has 0 radical (unpaired) electrons. The van der Waals surface area contributed by atoms with Crippen molar-refractivity contribution in [3.05, 3.63) is 53.4 Å². The Kier molecular flexibility index (Phi) is 4.53. The second kappa shape index (κ2) is 6.96. The fourth-order valence-corrected chi connectivity index (χ4v) is 3.70. The maximum atomic E-state index is 13.3. The van der Waals surface area contributed by atoms with Crippen LogP contribution in [0.15, 0.2) is 30.5 Å². The number of imidazole rings is 1. The Morgan fingerprint density at radius 2 is 2.00 bits per heavy atom. The Balaban J connectivity index is 1.40. The first kappa shape index (κ1) is 16.3. The van der Waals surface area contributed by atoms with Crippen molar-refractivity contribution in [3.63, 3.8) is 0 Å². The van der Waals surface area contributed by atoms with Crippen LogP contribution in [-0.2, 0) is 30.8 Å². The average molecular weight is 342 g/mol. The van der Waals surface area contributed by atoms with E-state index in [4.69, 9.17) is 4.98 Å². The molecule has 0 bridgehead atoms. The van der Waals surface area contributed by atoms with Gasteiger partial charge in [-0.05, 0) is 43.6 Å². The van der Waals surface area contributed by atoms with E-state index in [1.165, 1.54) is 25.0 Å². The number of benzene rings is 1. The first-order valence-electron chi connectivity index (χ1n) is 8.97. The van der Waals surface area contributed by atoms with E-state index in [0.717, 1.165) is 37.7 Å². The van der Waals surface area contributed by atoms with E-state index in [1.54, 1.807) is 12.1 Å². The molecule has 25 heavy (non-hydrogen) atoms. The second-order valence-electron chi connectivity index (χ2n) is 6.95. The maximum absolute atomic E-state index is 13.3. The zero-order chi connectivity index (χ0) is 17.2. The molecule has 0 aliphatic carbocycles. The molecule has 0 spiro atoms. The summed E-state index contributed by atoms with van der Waals surface area (Å²) in [5, 5.41) is 0. The molecule has 132 valence electrons. The van der Waals surface area contributed by atoms with Crippen molar-refractivity contribution in [2.45, 2.75) is 38.9 Å². The monoisotopic (exact) mass is 342 g/mol. The molecule has 1 aromatic heterocycles. The summed E-state index contributed by atoms with van der Waals surface area (Å²) in [6, 6.07) is 6.26. The van der Waals surface area contributed by atoms with Gasteiger partial charge in [0.25, 0.3) is 0 Å². The van der Waals surface area contributed by atoms with Gasteiger partial charge in [0.2, 0.25) is 5.91 Å². The van der Waals surface area contributed by atoms with E-state index in [2.05, 4.69) is 15.7 Å². The standard InChI is InChI=1S/C19H23FN4O/c20-16-5-3-4-15(10-16)11-19(25)24-9-8-23-13-17(21-18(23)14-24)12-22-6-1-2-7-22/h3-5,10,13H,1-2,6-9,11-12,14H2. The molecular weight excluding hydrogens is 319 g/mol. The summed E-state index contributed by atoms with van der Waals surface area (Å²) in [6.45, 7) is 5.20. The van der Waals surface area contributed by atoms with Gasteiger partial charge in [-0.3, -0.25) is 9.69 Å². The van der Waals surface area contributed by atoms with Gasteiger partial charge >= 0.3 is 0 Å². The Morgan fingerprint density at radius 3 is 2.80 bits per heavy atom. The van der Waals surface area contributed by atoms with Gasteiger partial charge in [0.15, 0.2) is 0 Å². The molecule has 0 N–H and O–H groups in total. The molecular formula is C19H23FN4O. The molecule has 0 unspecified atom stereocenters. The van der Waals surface area contributed by atoms with Gasteiger partial charge in [0.05, 0.1) is 18.7 Å². The number of fused-ring (bicyclic) bond motifs is 1. The molecule has 3 heterocycles. The first-order chi connectivity index (χ1) is 12.2. The summed E-state index contributed by atoms with van der Waals surface area (Å²) in [5.41, 5.74) is 1.81. The van der Waals surface area contributed by atoms with E-state index in [-0.39, 0.29) is 18.1 Å². The predicted octanol–water partition coefficient (Wildman–Crippen LogP) is 2.20. The average Bonchev–Trinajstić information content (AvgIpc) is 3.23. The number of aromatic nitrogens is 2.